The van der Waals surface area contributed by atoms with Gasteiger partial charge in [-0.1, -0.05) is 0 Å². The Morgan fingerprint density at radius 1 is 1.12 bits per heavy atom. The zero-order chi connectivity index (χ0) is 17.4. The van der Waals surface area contributed by atoms with Crippen molar-refractivity contribution in [1.29, 1.82) is 0 Å². The Morgan fingerprint density at radius 2 is 1.92 bits per heavy atom. The second-order valence-electron chi connectivity index (χ2n) is 6.76. The topological polar surface area (TPSA) is 67.7 Å². The summed E-state index contributed by atoms with van der Waals surface area (Å²) >= 11 is 0. The lowest BCUT2D eigenvalue weighted by Crippen LogP contribution is -2.27. The molecule has 0 aliphatic carbocycles. The Hall–Kier alpha value is -2.47. The van der Waals surface area contributed by atoms with E-state index in [2.05, 4.69) is 44.8 Å². The molecule has 0 amide bonds. The van der Waals surface area contributed by atoms with Gasteiger partial charge in [0, 0.05) is 18.5 Å². The fraction of sp³-hybridized carbons (Fsp3) is 0.421. The standard InChI is InChI=1S/C19H24N6/c1-12-8-15-11-22-25(19-10-18(20-3)23-13(2)24-19)17(15)9-16(12)14-4-6-21-7-5-14/h8-11,14,21H,4-7H2,1-3H3,(H,20,23,24). The van der Waals surface area contributed by atoms with E-state index in [1.807, 2.05) is 30.9 Å². The molecule has 0 spiro atoms. The van der Waals surface area contributed by atoms with Gasteiger partial charge in [-0.3, -0.25) is 0 Å². The summed E-state index contributed by atoms with van der Waals surface area (Å²) < 4.78 is 1.93. The minimum Gasteiger partial charge on any atom is -0.373 e. The lowest BCUT2D eigenvalue weighted by atomic mass is 9.87. The number of nitrogens with zero attached hydrogens (tertiary/aromatic N) is 4. The maximum atomic E-state index is 4.60. The quantitative estimate of drug-likeness (QED) is 0.770. The van der Waals surface area contributed by atoms with Crippen molar-refractivity contribution in [2.45, 2.75) is 32.6 Å². The Bertz CT molecular complexity index is 908. The number of rotatable bonds is 3. The van der Waals surface area contributed by atoms with Crippen molar-refractivity contribution in [3.05, 3.63) is 41.3 Å². The summed E-state index contributed by atoms with van der Waals surface area (Å²) in [7, 11) is 1.87. The van der Waals surface area contributed by atoms with Gasteiger partial charge in [-0.05, 0) is 69.0 Å². The number of aryl methyl sites for hydroxylation is 2. The third-order valence-corrected chi connectivity index (χ3v) is 5.03. The molecule has 6 nitrogen and oxygen atoms in total. The summed E-state index contributed by atoms with van der Waals surface area (Å²) in [5, 5.41) is 12.3. The smallest absolute Gasteiger partial charge is 0.159 e. The molecule has 0 radical (unpaired) electrons. The molecule has 3 heterocycles. The van der Waals surface area contributed by atoms with E-state index in [4.69, 9.17) is 0 Å². The van der Waals surface area contributed by atoms with E-state index in [9.17, 15) is 0 Å². The lowest BCUT2D eigenvalue weighted by Gasteiger charge is -2.24. The Morgan fingerprint density at radius 3 is 2.68 bits per heavy atom. The normalized spacial score (nSPS) is 15.6. The van der Waals surface area contributed by atoms with Gasteiger partial charge in [-0.25, -0.2) is 14.6 Å². The van der Waals surface area contributed by atoms with E-state index in [-0.39, 0.29) is 0 Å². The third-order valence-electron chi connectivity index (χ3n) is 5.03. The number of fused-ring (bicyclic) bond motifs is 1. The van der Waals surface area contributed by atoms with Gasteiger partial charge in [0.1, 0.15) is 11.6 Å². The first-order chi connectivity index (χ1) is 12.2. The van der Waals surface area contributed by atoms with E-state index < -0.39 is 0 Å². The van der Waals surface area contributed by atoms with Crippen LogP contribution in [0.15, 0.2) is 24.4 Å². The average Bonchev–Trinajstić information content (AvgIpc) is 3.03. The Labute approximate surface area is 147 Å². The highest BCUT2D eigenvalue weighted by Crippen LogP contribution is 2.31. The van der Waals surface area contributed by atoms with Crippen LogP contribution in [-0.4, -0.2) is 39.9 Å². The van der Waals surface area contributed by atoms with Gasteiger partial charge in [0.2, 0.25) is 0 Å². The number of benzene rings is 1. The van der Waals surface area contributed by atoms with Crippen molar-refractivity contribution in [2.24, 2.45) is 0 Å². The summed E-state index contributed by atoms with van der Waals surface area (Å²) in [4.78, 5) is 8.96. The largest absolute Gasteiger partial charge is 0.373 e. The molecule has 2 N–H and O–H groups in total. The molecule has 130 valence electrons. The molecule has 1 fully saturated rings. The molecule has 1 aliphatic heterocycles. The van der Waals surface area contributed by atoms with Crippen LogP contribution in [0.2, 0.25) is 0 Å². The number of hydrogen-bond donors (Lipinski definition) is 2. The maximum Gasteiger partial charge on any atom is 0.159 e. The van der Waals surface area contributed by atoms with Crippen LogP contribution in [0.1, 0.15) is 35.7 Å². The summed E-state index contributed by atoms with van der Waals surface area (Å²) in [5.41, 5.74) is 3.91. The first-order valence-corrected chi connectivity index (χ1v) is 8.88. The molecule has 0 atom stereocenters. The van der Waals surface area contributed by atoms with E-state index in [1.165, 1.54) is 24.0 Å². The van der Waals surface area contributed by atoms with Crippen LogP contribution < -0.4 is 10.6 Å². The van der Waals surface area contributed by atoms with E-state index in [0.29, 0.717) is 5.92 Å². The SMILES string of the molecule is CNc1cc(-n2ncc3cc(C)c(C4CCNCC4)cc32)nc(C)n1. The minimum atomic E-state index is 0.619. The molecule has 2 aromatic heterocycles. The second kappa shape index (κ2) is 6.44. The summed E-state index contributed by atoms with van der Waals surface area (Å²) in [6.45, 7) is 6.30. The van der Waals surface area contributed by atoms with Crippen molar-refractivity contribution in [2.75, 3.05) is 25.5 Å². The van der Waals surface area contributed by atoms with Crippen LogP contribution in [0.25, 0.3) is 16.7 Å². The molecule has 4 rings (SSSR count). The number of nitrogens with one attached hydrogen (secondary N) is 2. The number of aromatic nitrogens is 4. The van der Waals surface area contributed by atoms with Crippen LogP contribution in [0.3, 0.4) is 0 Å². The van der Waals surface area contributed by atoms with Gasteiger partial charge < -0.3 is 10.6 Å². The monoisotopic (exact) mass is 336 g/mol. The Kier molecular flexibility index (Phi) is 4.13. The molecule has 1 saturated heterocycles. The molecule has 6 heteroatoms. The lowest BCUT2D eigenvalue weighted by molar-refractivity contribution is 0.459. The highest BCUT2D eigenvalue weighted by atomic mass is 15.3. The van der Waals surface area contributed by atoms with Crippen LogP contribution in [-0.2, 0) is 0 Å². The average molecular weight is 336 g/mol. The molecule has 25 heavy (non-hydrogen) atoms. The number of anilines is 1. The van der Waals surface area contributed by atoms with Crippen LogP contribution in [0, 0.1) is 13.8 Å². The molecule has 0 saturated carbocycles. The first-order valence-electron chi connectivity index (χ1n) is 8.88. The molecule has 0 bridgehead atoms. The van der Waals surface area contributed by atoms with E-state index in [1.54, 1.807) is 0 Å². The van der Waals surface area contributed by atoms with Gasteiger partial charge in [-0.2, -0.15) is 5.10 Å². The van der Waals surface area contributed by atoms with Crippen LogP contribution in [0.5, 0.6) is 0 Å². The fourth-order valence-corrected chi connectivity index (χ4v) is 3.75. The van der Waals surface area contributed by atoms with Crippen LogP contribution in [0.4, 0.5) is 5.82 Å². The van der Waals surface area contributed by atoms with Crippen molar-refractivity contribution in [1.82, 2.24) is 25.1 Å². The highest BCUT2D eigenvalue weighted by Gasteiger charge is 2.19. The van der Waals surface area contributed by atoms with E-state index >= 15 is 0 Å². The highest BCUT2D eigenvalue weighted by molar-refractivity contribution is 5.82. The third kappa shape index (κ3) is 2.98. The summed E-state index contributed by atoms with van der Waals surface area (Å²) in [5.74, 6) is 2.95. The van der Waals surface area contributed by atoms with Crippen LogP contribution >= 0.6 is 0 Å². The van der Waals surface area contributed by atoms with Gasteiger partial charge in [0.25, 0.3) is 0 Å². The van der Waals surface area contributed by atoms with Crippen molar-refractivity contribution in [3.63, 3.8) is 0 Å². The molecular formula is C19H24N6. The number of piperidine rings is 1. The van der Waals surface area contributed by atoms with Gasteiger partial charge in [0.15, 0.2) is 5.82 Å². The zero-order valence-electron chi connectivity index (χ0n) is 15.0. The van der Waals surface area contributed by atoms with Gasteiger partial charge in [-0.15, -0.1) is 0 Å². The van der Waals surface area contributed by atoms with Crippen molar-refractivity contribution in [3.8, 4) is 5.82 Å². The van der Waals surface area contributed by atoms with Crippen molar-refractivity contribution >= 4 is 16.7 Å². The van der Waals surface area contributed by atoms with Gasteiger partial charge in [0.05, 0.1) is 11.7 Å². The zero-order valence-corrected chi connectivity index (χ0v) is 15.0. The predicted molar refractivity (Wildman–Crippen MR) is 101 cm³/mol. The Balaban J connectivity index is 1.84. The molecule has 1 aliphatic rings. The van der Waals surface area contributed by atoms with E-state index in [0.717, 1.165) is 41.5 Å². The minimum absolute atomic E-state index is 0.619. The fourth-order valence-electron chi connectivity index (χ4n) is 3.75. The molecule has 0 unspecified atom stereocenters. The maximum absolute atomic E-state index is 4.60. The predicted octanol–water partition coefficient (Wildman–Crippen LogP) is 2.94. The van der Waals surface area contributed by atoms with Crippen molar-refractivity contribution < 1.29 is 0 Å². The molecule has 1 aromatic carbocycles. The molecular weight excluding hydrogens is 312 g/mol. The summed E-state index contributed by atoms with van der Waals surface area (Å²) in [6.07, 6.45) is 4.30. The summed E-state index contributed by atoms with van der Waals surface area (Å²) in [6, 6.07) is 6.50. The second-order valence-corrected chi connectivity index (χ2v) is 6.76. The molecule has 3 aromatic rings. The first kappa shape index (κ1) is 16.0. The van der Waals surface area contributed by atoms with Gasteiger partial charge >= 0.3 is 0 Å². The number of hydrogen-bond acceptors (Lipinski definition) is 5.